The number of halogens is 2. The van der Waals surface area contributed by atoms with Crippen molar-refractivity contribution in [1.82, 2.24) is 24.3 Å². The van der Waals surface area contributed by atoms with Gasteiger partial charge in [-0.25, -0.2) is 9.97 Å². The topological polar surface area (TPSA) is 131 Å². The second-order valence-electron chi connectivity index (χ2n) is 14.0. The Morgan fingerprint density at radius 2 is 1.40 bits per heavy atom. The highest BCUT2D eigenvalue weighted by Crippen LogP contribution is 2.31. The van der Waals surface area contributed by atoms with Gasteiger partial charge in [-0.3, -0.25) is 0 Å². The average Bonchev–Trinajstić information content (AvgIpc) is 4.05. The number of terminal acetylenes is 1. The molecule has 0 amide bonds. The largest absolute Gasteiger partial charge is 0.411 e. The van der Waals surface area contributed by atoms with Crippen LogP contribution in [0.5, 0.6) is 0 Å². The fourth-order valence-corrected chi connectivity index (χ4v) is 7.50. The normalized spacial score (nSPS) is 18.8. The zero-order valence-corrected chi connectivity index (χ0v) is 37.9. The van der Waals surface area contributed by atoms with Gasteiger partial charge in [0.2, 0.25) is 0 Å². The van der Waals surface area contributed by atoms with Crippen molar-refractivity contribution in [3.63, 3.8) is 0 Å². The third-order valence-electron chi connectivity index (χ3n) is 9.86. The minimum Gasteiger partial charge on any atom is -0.411 e. The molecular weight excluding hydrogens is 962 g/mol. The van der Waals surface area contributed by atoms with E-state index >= 15 is 0 Å². The molecule has 0 aliphatic carbocycles. The third kappa shape index (κ3) is 13.2. The van der Waals surface area contributed by atoms with E-state index in [4.69, 9.17) is 35.1 Å². The van der Waals surface area contributed by atoms with Crippen LogP contribution < -0.4 is 0 Å². The quantitative estimate of drug-likeness (QED) is 0.0403. The third-order valence-corrected chi connectivity index (χ3v) is 11.3. The minimum atomic E-state index is -0.162. The first-order valence-corrected chi connectivity index (χ1v) is 22.1. The molecule has 5 aromatic rings. The van der Waals surface area contributed by atoms with Crippen molar-refractivity contribution in [3.05, 3.63) is 109 Å². The van der Waals surface area contributed by atoms with Crippen molar-refractivity contribution >= 4 is 51.4 Å². The molecule has 0 spiro atoms. The number of ether oxygens (including phenoxy) is 4. The van der Waals surface area contributed by atoms with Crippen molar-refractivity contribution in [3.8, 4) is 23.7 Å². The van der Waals surface area contributed by atoms with E-state index in [0.717, 1.165) is 98.8 Å². The Balaban J connectivity index is 0.000000190. The van der Waals surface area contributed by atoms with Gasteiger partial charge in [0.1, 0.15) is 29.6 Å². The number of rotatable bonds is 13. The molecule has 0 saturated carbocycles. The first-order chi connectivity index (χ1) is 28.2. The molecule has 0 radical (unpaired) electrons. The molecular formula is C44H54I2N6O6. The molecule has 3 aromatic heterocycles. The molecule has 0 bridgehead atoms. The van der Waals surface area contributed by atoms with Gasteiger partial charge in [-0.1, -0.05) is 42.2 Å². The van der Waals surface area contributed by atoms with Crippen molar-refractivity contribution in [1.29, 1.82) is 0 Å². The van der Waals surface area contributed by atoms with Gasteiger partial charge in [-0.2, -0.15) is 0 Å². The highest BCUT2D eigenvalue weighted by Gasteiger charge is 2.26. The highest BCUT2D eigenvalue weighted by molar-refractivity contribution is 14.1. The fraction of sp³-hybridized carbons (Fsp3) is 0.455. The SMILES string of the molecule is C#Cc1ccc(I)cc1.CC[C@H](/C=N/O)n1ccnc1[C@H](C)OC1CCCCO1.CC[C@H](c1cc(-c2ccc(I)cc2)on1)n1ccnc1[C@H](C)OC1CCCCO1. The molecule has 310 valence electrons. The molecule has 2 unspecified atom stereocenters. The van der Waals surface area contributed by atoms with Crippen molar-refractivity contribution < 1.29 is 28.7 Å². The maximum absolute atomic E-state index is 8.74. The second-order valence-corrected chi connectivity index (χ2v) is 16.5. The maximum Gasteiger partial charge on any atom is 0.167 e. The maximum atomic E-state index is 8.74. The number of aromatic nitrogens is 5. The standard InChI is InChI=1S/C22H26IN3O3.C14H23N3O3.C8H5I/c1-3-19(18-14-20(29-25-18)16-7-9-17(23)10-8-16)26-12-11-24-22(26)15(2)28-21-6-4-5-13-27-21;1-3-12(10-16-18)17-8-7-15-14(17)11(2)20-13-6-4-5-9-19-13;1-2-7-3-5-8(9)6-4-7/h7-12,14-15,19,21H,3-6,13H2,1-2H3;7-8,10-13,18H,3-6,9H2,1-2H3;1,3-6H/b;16-10+;/t15-,19+,21?;11-,12+,13?;/m00./s1. The molecule has 58 heavy (non-hydrogen) atoms. The lowest BCUT2D eigenvalue weighted by molar-refractivity contribution is -0.188. The van der Waals surface area contributed by atoms with Gasteiger partial charge < -0.3 is 37.8 Å². The Morgan fingerprint density at radius 1 is 0.845 bits per heavy atom. The lowest BCUT2D eigenvalue weighted by Gasteiger charge is -2.27. The van der Waals surface area contributed by atoms with Crippen LogP contribution in [0.25, 0.3) is 11.3 Å². The van der Waals surface area contributed by atoms with Crippen LogP contribution in [-0.4, -0.2) is 61.5 Å². The summed E-state index contributed by atoms with van der Waals surface area (Å²) in [6.45, 7) is 9.71. The minimum absolute atomic E-state index is 0.0178. The van der Waals surface area contributed by atoms with Gasteiger partial charge in [-0.05, 0) is 147 Å². The van der Waals surface area contributed by atoms with E-state index in [1.165, 1.54) is 13.4 Å². The molecule has 2 aliphatic heterocycles. The van der Waals surface area contributed by atoms with E-state index in [-0.39, 0.29) is 36.9 Å². The Hall–Kier alpha value is -3.60. The first-order valence-electron chi connectivity index (χ1n) is 20.0. The van der Waals surface area contributed by atoms with Crippen LogP contribution in [0.2, 0.25) is 0 Å². The molecule has 2 fully saturated rings. The molecule has 7 rings (SSSR count). The summed E-state index contributed by atoms with van der Waals surface area (Å²) in [6.07, 6.45) is 21.5. The Bertz CT molecular complexity index is 2000. The van der Waals surface area contributed by atoms with Crippen molar-refractivity contribution in [2.24, 2.45) is 5.16 Å². The van der Waals surface area contributed by atoms with Crippen LogP contribution in [0, 0.1) is 19.5 Å². The summed E-state index contributed by atoms with van der Waals surface area (Å²) in [5.41, 5.74) is 2.85. The van der Waals surface area contributed by atoms with Gasteiger partial charge in [0.15, 0.2) is 18.3 Å². The van der Waals surface area contributed by atoms with Crippen LogP contribution >= 0.6 is 45.2 Å². The predicted octanol–water partition coefficient (Wildman–Crippen LogP) is 10.9. The van der Waals surface area contributed by atoms with E-state index in [1.807, 2.05) is 74.3 Å². The van der Waals surface area contributed by atoms with Crippen LogP contribution in [0.1, 0.15) is 126 Å². The van der Waals surface area contributed by atoms with Crippen LogP contribution in [-0.2, 0) is 18.9 Å². The second kappa shape index (κ2) is 23.9. The van der Waals surface area contributed by atoms with Crippen LogP contribution in [0.15, 0.2) is 89.1 Å². The molecule has 6 atom stereocenters. The molecule has 5 heterocycles. The lowest BCUT2D eigenvalue weighted by Crippen LogP contribution is -2.25. The highest BCUT2D eigenvalue weighted by atomic mass is 127. The van der Waals surface area contributed by atoms with E-state index < -0.39 is 0 Å². The average molecular weight is 1020 g/mol. The summed E-state index contributed by atoms with van der Waals surface area (Å²) in [4.78, 5) is 8.95. The van der Waals surface area contributed by atoms with Gasteiger partial charge in [0, 0.05) is 62.3 Å². The smallest absolute Gasteiger partial charge is 0.167 e. The Kier molecular flexibility index (Phi) is 18.7. The number of hydrogen-bond acceptors (Lipinski definition) is 10. The van der Waals surface area contributed by atoms with Crippen LogP contribution in [0.4, 0.5) is 0 Å². The summed E-state index contributed by atoms with van der Waals surface area (Å²) in [5, 5.41) is 16.2. The summed E-state index contributed by atoms with van der Waals surface area (Å²) >= 11 is 4.54. The summed E-state index contributed by atoms with van der Waals surface area (Å²) < 4.78 is 35.6. The van der Waals surface area contributed by atoms with Gasteiger partial charge >= 0.3 is 0 Å². The summed E-state index contributed by atoms with van der Waals surface area (Å²) in [5.74, 6) is 5.03. The van der Waals surface area contributed by atoms with Gasteiger partial charge in [0.25, 0.3) is 0 Å². The van der Waals surface area contributed by atoms with Crippen LogP contribution in [0.3, 0.4) is 0 Å². The first kappa shape index (κ1) is 45.5. The van der Waals surface area contributed by atoms with E-state index in [0.29, 0.717) is 0 Å². The zero-order valence-electron chi connectivity index (χ0n) is 33.6. The summed E-state index contributed by atoms with van der Waals surface area (Å²) in [6, 6.07) is 18.1. The fourth-order valence-electron chi connectivity index (χ4n) is 6.78. The van der Waals surface area contributed by atoms with Gasteiger partial charge in [0.05, 0.1) is 18.3 Å². The molecule has 1 N–H and O–H groups in total. The number of nitrogens with zero attached hydrogens (tertiary/aromatic N) is 6. The van der Waals surface area contributed by atoms with E-state index in [2.05, 4.69) is 107 Å². The monoisotopic (exact) mass is 1020 g/mol. The summed E-state index contributed by atoms with van der Waals surface area (Å²) in [7, 11) is 0. The van der Waals surface area contributed by atoms with Crippen molar-refractivity contribution in [2.75, 3.05) is 13.2 Å². The number of oxime groups is 1. The molecule has 2 aliphatic rings. The molecule has 14 heteroatoms. The van der Waals surface area contributed by atoms with E-state index in [1.54, 1.807) is 6.20 Å². The lowest BCUT2D eigenvalue weighted by atomic mass is 10.1. The Labute approximate surface area is 369 Å². The number of benzene rings is 2. The Morgan fingerprint density at radius 3 is 1.90 bits per heavy atom. The zero-order chi connectivity index (χ0) is 41.3. The number of hydrogen-bond donors (Lipinski definition) is 1. The molecule has 12 nitrogen and oxygen atoms in total. The number of imidazole rings is 2. The molecule has 2 saturated heterocycles. The van der Waals surface area contributed by atoms with E-state index in [9.17, 15) is 0 Å². The van der Waals surface area contributed by atoms with Crippen molar-refractivity contribution in [2.45, 2.75) is 116 Å². The van der Waals surface area contributed by atoms with Gasteiger partial charge in [-0.15, -0.1) is 6.42 Å². The predicted molar refractivity (Wildman–Crippen MR) is 240 cm³/mol. The molecule has 2 aromatic carbocycles.